The first-order valence-electron chi connectivity index (χ1n) is 5.49. The number of nitrogens with two attached hydrogens (primary N) is 1. The molecule has 1 atom stereocenters. The van der Waals surface area contributed by atoms with Crippen molar-refractivity contribution in [2.45, 2.75) is 25.9 Å². The molecule has 0 aliphatic carbocycles. The predicted octanol–water partition coefficient (Wildman–Crippen LogP) is -0.404. The Hall–Kier alpha value is -2.38. The van der Waals surface area contributed by atoms with Gasteiger partial charge in [-0.05, 0) is 18.1 Å². The molecule has 96 valence electrons. The lowest BCUT2D eigenvalue weighted by atomic mass is 10.2. The van der Waals surface area contributed by atoms with Gasteiger partial charge in [0.15, 0.2) is 5.82 Å². The first kappa shape index (κ1) is 12.1. The number of nitrogens with zero attached hydrogens (tertiary/aromatic N) is 4. The first-order valence-corrected chi connectivity index (χ1v) is 5.49. The third-order valence-corrected chi connectivity index (χ3v) is 2.34. The van der Waals surface area contributed by atoms with Crippen LogP contribution in [0.1, 0.15) is 12.6 Å². The van der Waals surface area contributed by atoms with E-state index in [-0.39, 0.29) is 24.2 Å². The fourth-order valence-corrected chi connectivity index (χ4v) is 1.55. The van der Waals surface area contributed by atoms with Crippen LogP contribution in [0.15, 0.2) is 23.1 Å². The quantitative estimate of drug-likeness (QED) is 0.746. The Kier molecular flexibility index (Phi) is 3.56. The molecule has 2 aromatic rings. The molecule has 0 aliphatic heterocycles. The largest absolute Gasteiger partial charge is 0.379 e. The molecule has 0 bridgehead atoms. The van der Waals surface area contributed by atoms with E-state index in [2.05, 4.69) is 25.4 Å². The number of carbonyl (C=O) groups excluding carboxylic acids is 1. The number of rotatable bonds is 5. The number of hydrogen-bond acceptors (Lipinski definition) is 6. The number of aromatic nitrogens is 4. The second-order valence-corrected chi connectivity index (χ2v) is 3.97. The molecule has 0 saturated heterocycles. The van der Waals surface area contributed by atoms with Crippen molar-refractivity contribution in [3.05, 3.63) is 24.2 Å². The van der Waals surface area contributed by atoms with Gasteiger partial charge in [0.25, 0.3) is 0 Å². The van der Waals surface area contributed by atoms with Crippen LogP contribution >= 0.6 is 0 Å². The van der Waals surface area contributed by atoms with Crippen LogP contribution in [0.3, 0.4) is 0 Å². The molecule has 8 nitrogen and oxygen atoms in total. The predicted molar refractivity (Wildman–Crippen MR) is 62.2 cm³/mol. The van der Waals surface area contributed by atoms with Crippen LogP contribution in [-0.2, 0) is 17.8 Å². The van der Waals surface area contributed by atoms with Crippen molar-refractivity contribution in [2.75, 3.05) is 5.73 Å². The summed E-state index contributed by atoms with van der Waals surface area (Å²) in [6, 6.07) is 1.79. The molecule has 0 saturated carbocycles. The molecule has 2 aromatic heterocycles. The van der Waals surface area contributed by atoms with Gasteiger partial charge in [0, 0.05) is 18.4 Å². The second kappa shape index (κ2) is 5.30. The van der Waals surface area contributed by atoms with Crippen molar-refractivity contribution < 1.29 is 9.42 Å². The monoisotopic (exact) mass is 250 g/mol. The van der Waals surface area contributed by atoms with E-state index in [4.69, 9.17) is 5.73 Å². The van der Waals surface area contributed by atoms with Crippen LogP contribution in [0.4, 0.5) is 5.82 Å². The molecule has 18 heavy (non-hydrogen) atoms. The van der Waals surface area contributed by atoms with E-state index < -0.39 is 0 Å². The minimum atomic E-state index is -0.183. The van der Waals surface area contributed by atoms with Crippen LogP contribution < -0.4 is 11.1 Å². The zero-order valence-electron chi connectivity index (χ0n) is 9.91. The summed E-state index contributed by atoms with van der Waals surface area (Å²) in [5, 5.41) is 13.8. The van der Waals surface area contributed by atoms with Crippen LogP contribution in [0, 0.1) is 0 Å². The fraction of sp³-hybridized carbons (Fsp3) is 0.400. The highest BCUT2D eigenvalue weighted by atomic mass is 16.6. The van der Waals surface area contributed by atoms with Crippen LogP contribution in [0.25, 0.3) is 0 Å². The van der Waals surface area contributed by atoms with Crippen molar-refractivity contribution in [1.29, 1.82) is 0 Å². The molecule has 1 amide bonds. The number of anilines is 1. The summed E-state index contributed by atoms with van der Waals surface area (Å²) in [6.45, 7) is 2.50. The Morgan fingerprint density at radius 3 is 3.06 bits per heavy atom. The van der Waals surface area contributed by atoms with E-state index in [9.17, 15) is 4.79 Å². The molecule has 0 aromatic carbocycles. The Morgan fingerprint density at radius 2 is 2.44 bits per heavy atom. The molecule has 1 unspecified atom stereocenters. The first-order chi connectivity index (χ1) is 8.65. The third-order valence-electron chi connectivity index (χ3n) is 2.34. The summed E-state index contributed by atoms with van der Waals surface area (Å²) < 4.78 is 6.16. The topological polar surface area (TPSA) is 112 Å². The molecular formula is C10H14N6O2. The average molecular weight is 250 g/mol. The Balaban J connectivity index is 1.82. The zero-order chi connectivity index (χ0) is 13.0. The Morgan fingerprint density at radius 1 is 1.61 bits per heavy atom. The highest BCUT2D eigenvalue weighted by molar-refractivity contribution is 5.79. The smallest absolute Gasteiger partial charge is 0.226 e. The standard InChI is InChI=1S/C10H14N6O2/c1-7(6-16-4-2-3-12-16)13-9(17)5-8-10(11)15-18-14-8/h2-4,7H,5-6H2,1H3,(H2,11,15)(H,13,17). The van der Waals surface area contributed by atoms with Gasteiger partial charge in [-0.15, -0.1) is 0 Å². The summed E-state index contributed by atoms with van der Waals surface area (Å²) >= 11 is 0. The number of carbonyl (C=O) groups is 1. The summed E-state index contributed by atoms with van der Waals surface area (Å²) in [5.41, 5.74) is 5.81. The summed E-state index contributed by atoms with van der Waals surface area (Å²) in [6.07, 6.45) is 3.58. The third kappa shape index (κ3) is 3.06. The van der Waals surface area contributed by atoms with E-state index in [1.807, 2.05) is 19.2 Å². The summed E-state index contributed by atoms with van der Waals surface area (Å²) in [7, 11) is 0. The van der Waals surface area contributed by atoms with E-state index in [0.29, 0.717) is 12.2 Å². The SMILES string of the molecule is CC(Cn1cccn1)NC(=O)Cc1nonc1N. The lowest BCUT2D eigenvalue weighted by molar-refractivity contribution is -0.121. The van der Waals surface area contributed by atoms with Gasteiger partial charge in [0.1, 0.15) is 5.69 Å². The molecule has 0 radical (unpaired) electrons. The second-order valence-electron chi connectivity index (χ2n) is 3.97. The summed E-state index contributed by atoms with van der Waals surface area (Å²) in [5.74, 6) is -0.0399. The molecule has 0 aliphatic rings. The van der Waals surface area contributed by atoms with Crippen molar-refractivity contribution in [1.82, 2.24) is 25.4 Å². The lowest BCUT2D eigenvalue weighted by Gasteiger charge is -2.13. The van der Waals surface area contributed by atoms with E-state index >= 15 is 0 Å². The van der Waals surface area contributed by atoms with Gasteiger partial charge >= 0.3 is 0 Å². The van der Waals surface area contributed by atoms with Gasteiger partial charge in [-0.3, -0.25) is 9.48 Å². The maximum Gasteiger partial charge on any atom is 0.226 e. The van der Waals surface area contributed by atoms with E-state index in [0.717, 1.165) is 0 Å². The normalized spacial score (nSPS) is 12.3. The Bertz CT molecular complexity index is 506. The number of nitrogen functional groups attached to an aromatic ring is 1. The van der Waals surface area contributed by atoms with Crippen LogP contribution in [-0.4, -0.2) is 32.0 Å². The Labute approximate surface area is 103 Å². The minimum absolute atomic E-state index is 0.0431. The average Bonchev–Trinajstić information content (AvgIpc) is 2.91. The van der Waals surface area contributed by atoms with E-state index in [1.165, 1.54) is 0 Å². The van der Waals surface area contributed by atoms with Crippen molar-refractivity contribution in [3.8, 4) is 0 Å². The number of nitrogens with one attached hydrogen (secondary N) is 1. The van der Waals surface area contributed by atoms with Gasteiger partial charge in [-0.1, -0.05) is 5.16 Å². The molecular weight excluding hydrogens is 236 g/mol. The fourth-order valence-electron chi connectivity index (χ4n) is 1.55. The highest BCUT2D eigenvalue weighted by Crippen LogP contribution is 2.04. The zero-order valence-corrected chi connectivity index (χ0v) is 9.91. The maximum absolute atomic E-state index is 11.7. The molecule has 3 N–H and O–H groups in total. The van der Waals surface area contributed by atoms with Crippen LogP contribution in [0.2, 0.25) is 0 Å². The number of amides is 1. The van der Waals surface area contributed by atoms with Crippen molar-refractivity contribution in [2.24, 2.45) is 0 Å². The van der Waals surface area contributed by atoms with Gasteiger partial charge in [0.05, 0.1) is 13.0 Å². The van der Waals surface area contributed by atoms with Gasteiger partial charge in [-0.25, -0.2) is 4.63 Å². The number of hydrogen-bond donors (Lipinski definition) is 2. The van der Waals surface area contributed by atoms with E-state index in [1.54, 1.807) is 10.9 Å². The maximum atomic E-state index is 11.7. The van der Waals surface area contributed by atoms with Crippen LogP contribution in [0.5, 0.6) is 0 Å². The molecule has 8 heteroatoms. The molecule has 0 spiro atoms. The van der Waals surface area contributed by atoms with Gasteiger partial charge < -0.3 is 11.1 Å². The summed E-state index contributed by atoms with van der Waals surface area (Å²) in [4.78, 5) is 11.7. The molecule has 0 fully saturated rings. The lowest BCUT2D eigenvalue weighted by Crippen LogP contribution is -2.36. The van der Waals surface area contributed by atoms with Gasteiger partial charge in [-0.2, -0.15) is 5.10 Å². The molecule has 2 rings (SSSR count). The van der Waals surface area contributed by atoms with Gasteiger partial charge in [0.2, 0.25) is 5.91 Å². The molecule has 2 heterocycles. The van der Waals surface area contributed by atoms with Crippen molar-refractivity contribution >= 4 is 11.7 Å². The highest BCUT2D eigenvalue weighted by Gasteiger charge is 2.13. The minimum Gasteiger partial charge on any atom is -0.379 e. The van der Waals surface area contributed by atoms with Crippen molar-refractivity contribution in [3.63, 3.8) is 0 Å².